The number of piperidine rings is 1. The van der Waals surface area contributed by atoms with E-state index in [0.29, 0.717) is 25.3 Å². The van der Waals surface area contributed by atoms with Gasteiger partial charge in [0.15, 0.2) is 0 Å². The van der Waals surface area contributed by atoms with E-state index in [9.17, 15) is 9.59 Å². The molecule has 2 unspecified atom stereocenters. The first-order valence-corrected chi connectivity index (χ1v) is 11.8. The molecule has 5 heteroatoms. The van der Waals surface area contributed by atoms with Crippen molar-refractivity contribution in [3.8, 4) is 10.4 Å². The minimum absolute atomic E-state index is 0.0433. The smallest absolute Gasteiger partial charge is 0.228 e. The molecule has 2 aromatic rings. The van der Waals surface area contributed by atoms with Crippen molar-refractivity contribution in [1.82, 2.24) is 10.2 Å². The van der Waals surface area contributed by atoms with Crippen LogP contribution in [0.25, 0.3) is 10.4 Å². The highest BCUT2D eigenvalue weighted by Gasteiger charge is 2.43. The highest BCUT2D eigenvalue weighted by molar-refractivity contribution is 7.13. The van der Waals surface area contributed by atoms with Gasteiger partial charge in [-0.3, -0.25) is 9.59 Å². The molecular weight excluding hydrogens is 392 g/mol. The Morgan fingerprint density at radius 1 is 1.23 bits per heavy atom. The van der Waals surface area contributed by atoms with Crippen molar-refractivity contribution in [3.63, 3.8) is 0 Å². The number of likely N-dealkylation sites (tertiary alicyclic amines) is 1. The molecule has 1 saturated heterocycles. The lowest BCUT2D eigenvalue weighted by atomic mass is 9.73. The number of nitrogens with zero attached hydrogens (tertiary/aromatic N) is 1. The van der Waals surface area contributed by atoms with Crippen molar-refractivity contribution < 1.29 is 9.59 Å². The minimum atomic E-state index is -0.582. The summed E-state index contributed by atoms with van der Waals surface area (Å²) in [5, 5.41) is 4.98. The fourth-order valence-corrected chi connectivity index (χ4v) is 5.74. The zero-order chi connectivity index (χ0) is 21.0. The van der Waals surface area contributed by atoms with E-state index in [2.05, 4.69) is 53.2 Å². The monoisotopic (exact) mass is 422 g/mol. The number of thiophene rings is 1. The van der Waals surface area contributed by atoms with Crippen LogP contribution in [0.1, 0.15) is 37.7 Å². The third kappa shape index (κ3) is 4.36. The van der Waals surface area contributed by atoms with E-state index >= 15 is 0 Å². The van der Waals surface area contributed by atoms with Crippen molar-refractivity contribution in [2.75, 3.05) is 20.1 Å². The van der Waals surface area contributed by atoms with Crippen molar-refractivity contribution >= 4 is 23.2 Å². The SMILES string of the molecule is CNC(=O)C1(Cc2ccccc2-c2cccs2)CCCN(C(=O)CC2C=CCC2)C1. The maximum absolute atomic E-state index is 13.1. The summed E-state index contributed by atoms with van der Waals surface area (Å²) < 4.78 is 0. The van der Waals surface area contributed by atoms with Gasteiger partial charge < -0.3 is 10.2 Å². The molecule has 0 saturated carbocycles. The van der Waals surface area contributed by atoms with E-state index in [1.54, 1.807) is 18.4 Å². The number of rotatable bonds is 6. The fraction of sp³-hybridized carbons (Fsp3) is 0.440. The van der Waals surface area contributed by atoms with Crippen LogP contribution < -0.4 is 5.32 Å². The summed E-state index contributed by atoms with van der Waals surface area (Å²) in [5.74, 6) is 0.584. The van der Waals surface area contributed by atoms with Crippen molar-refractivity contribution in [2.24, 2.45) is 11.3 Å². The van der Waals surface area contributed by atoms with E-state index in [0.717, 1.165) is 32.2 Å². The molecule has 30 heavy (non-hydrogen) atoms. The van der Waals surface area contributed by atoms with E-state index in [1.165, 1.54) is 16.0 Å². The zero-order valence-corrected chi connectivity index (χ0v) is 18.4. The van der Waals surface area contributed by atoms with Gasteiger partial charge in [-0.05, 0) is 60.6 Å². The van der Waals surface area contributed by atoms with Gasteiger partial charge in [0, 0.05) is 31.4 Å². The van der Waals surface area contributed by atoms with E-state index < -0.39 is 5.41 Å². The number of nitrogens with one attached hydrogen (secondary N) is 1. The summed E-state index contributed by atoms with van der Waals surface area (Å²) in [4.78, 5) is 29.3. The van der Waals surface area contributed by atoms with Crippen molar-refractivity contribution in [1.29, 1.82) is 0 Å². The molecule has 4 rings (SSSR count). The Hall–Kier alpha value is -2.40. The van der Waals surface area contributed by atoms with Gasteiger partial charge in [0.2, 0.25) is 11.8 Å². The Labute approximate surface area is 183 Å². The van der Waals surface area contributed by atoms with Crippen LogP contribution in [0.5, 0.6) is 0 Å². The van der Waals surface area contributed by atoms with Gasteiger partial charge in [-0.15, -0.1) is 11.3 Å². The molecule has 0 spiro atoms. The molecule has 1 N–H and O–H groups in total. The number of benzene rings is 1. The van der Waals surface area contributed by atoms with Gasteiger partial charge >= 0.3 is 0 Å². The van der Waals surface area contributed by atoms with Gasteiger partial charge in [0.1, 0.15) is 0 Å². The maximum Gasteiger partial charge on any atom is 0.228 e. The second-order valence-corrected chi connectivity index (χ2v) is 9.51. The zero-order valence-electron chi connectivity index (χ0n) is 17.6. The number of carbonyl (C=O) groups is 2. The maximum atomic E-state index is 13.1. The molecular formula is C25H30N2O2S. The van der Waals surface area contributed by atoms with E-state index in [4.69, 9.17) is 0 Å². The lowest BCUT2D eigenvalue weighted by Crippen LogP contribution is -2.54. The molecule has 2 amide bonds. The summed E-state index contributed by atoms with van der Waals surface area (Å²) in [5.41, 5.74) is 1.79. The van der Waals surface area contributed by atoms with Crippen LogP contribution >= 0.6 is 11.3 Å². The molecule has 0 radical (unpaired) electrons. The van der Waals surface area contributed by atoms with Crippen molar-refractivity contribution in [2.45, 2.75) is 38.5 Å². The van der Waals surface area contributed by atoms with Gasteiger partial charge in [-0.25, -0.2) is 0 Å². The first-order valence-electron chi connectivity index (χ1n) is 10.9. The molecule has 4 nitrogen and oxygen atoms in total. The fourth-order valence-electron chi connectivity index (χ4n) is 4.95. The van der Waals surface area contributed by atoms with Crippen LogP contribution in [-0.2, 0) is 16.0 Å². The second kappa shape index (κ2) is 9.17. The Bertz CT molecular complexity index is 921. The Kier molecular flexibility index (Phi) is 6.38. The average Bonchev–Trinajstić information content (AvgIpc) is 3.48. The molecule has 1 aliphatic heterocycles. The highest BCUT2D eigenvalue weighted by Crippen LogP contribution is 2.38. The third-order valence-electron chi connectivity index (χ3n) is 6.52. The largest absolute Gasteiger partial charge is 0.359 e. The number of carbonyl (C=O) groups excluding carboxylic acids is 2. The predicted molar refractivity (Wildman–Crippen MR) is 122 cm³/mol. The molecule has 1 aromatic carbocycles. The first-order chi connectivity index (χ1) is 14.6. The standard InChI is InChI=1S/C25H30N2O2S/c1-26-24(29)25(17-20-10-4-5-11-21(20)22-12-6-15-30-22)13-7-14-27(18-25)23(28)16-19-8-2-3-9-19/h2,4-6,8,10-12,15,19H,3,7,9,13-14,16-18H2,1H3,(H,26,29). The normalized spacial score (nSPS) is 23.5. The number of hydrogen-bond acceptors (Lipinski definition) is 3. The molecule has 2 atom stereocenters. The molecule has 1 fully saturated rings. The summed E-state index contributed by atoms with van der Waals surface area (Å²) in [6, 6.07) is 12.5. The van der Waals surface area contributed by atoms with Crippen LogP contribution in [0.3, 0.4) is 0 Å². The Morgan fingerprint density at radius 2 is 2.10 bits per heavy atom. The first kappa shape index (κ1) is 20.9. The number of amides is 2. The Morgan fingerprint density at radius 3 is 2.83 bits per heavy atom. The third-order valence-corrected chi connectivity index (χ3v) is 7.42. The van der Waals surface area contributed by atoms with Gasteiger partial charge in [-0.2, -0.15) is 0 Å². The van der Waals surface area contributed by atoms with Gasteiger partial charge in [0.25, 0.3) is 0 Å². The van der Waals surface area contributed by atoms with Crippen LogP contribution in [0.2, 0.25) is 0 Å². The van der Waals surface area contributed by atoms with Crippen molar-refractivity contribution in [3.05, 3.63) is 59.5 Å². The molecule has 1 aromatic heterocycles. The number of allylic oxidation sites excluding steroid dienone is 2. The van der Waals surface area contributed by atoms with Gasteiger partial charge in [0.05, 0.1) is 5.41 Å². The van der Waals surface area contributed by atoms with E-state index in [1.807, 2.05) is 11.0 Å². The summed E-state index contributed by atoms with van der Waals surface area (Å²) in [6.07, 6.45) is 9.35. The lowest BCUT2D eigenvalue weighted by Gasteiger charge is -2.42. The summed E-state index contributed by atoms with van der Waals surface area (Å²) in [6.45, 7) is 1.25. The molecule has 2 aliphatic rings. The van der Waals surface area contributed by atoms with Crippen LogP contribution in [0, 0.1) is 11.3 Å². The Balaban J connectivity index is 1.58. The molecule has 0 bridgehead atoms. The van der Waals surface area contributed by atoms with Crippen LogP contribution in [-0.4, -0.2) is 36.9 Å². The molecule has 2 heterocycles. The number of hydrogen-bond donors (Lipinski definition) is 1. The van der Waals surface area contributed by atoms with E-state index in [-0.39, 0.29) is 11.8 Å². The topological polar surface area (TPSA) is 49.4 Å². The summed E-state index contributed by atoms with van der Waals surface area (Å²) in [7, 11) is 1.71. The molecule has 1 aliphatic carbocycles. The van der Waals surface area contributed by atoms with Crippen LogP contribution in [0.15, 0.2) is 53.9 Å². The van der Waals surface area contributed by atoms with Gasteiger partial charge in [-0.1, -0.05) is 42.5 Å². The minimum Gasteiger partial charge on any atom is -0.359 e. The predicted octanol–water partition coefficient (Wildman–Crippen LogP) is 4.67. The highest BCUT2D eigenvalue weighted by atomic mass is 32.1. The lowest BCUT2D eigenvalue weighted by molar-refractivity contribution is -0.141. The quantitative estimate of drug-likeness (QED) is 0.688. The van der Waals surface area contributed by atoms with Crippen LogP contribution in [0.4, 0.5) is 0 Å². The summed E-state index contributed by atoms with van der Waals surface area (Å²) >= 11 is 1.72. The molecule has 158 valence electrons. The second-order valence-electron chi connectivity index (χ2n) is 8.56. The average molecular weight is 423 g/mol.